The lowest BCUT2D eigenvalue weighted by atomic mass is 10.2. The Bertz CT molecular complexity index is 352. The van der Waals surface area contributed by atoms with E-state index in [0.717, 1.165) is 0 Å². The van der Waals surface area contributed by atoms with Crippen molar-refractivity contribution in [1.29, 1.82) is 0 Å². The van der Waals surface area contributed by atoms with Gasteiger partial charge in [-0.3, -0.25) is 20.4 Å². The van der Waals surface area contributed by atoms with Crippen molar-refractivity contribution in [3.05, 3.63) is 35.9 Å². The molecular formula is C10H11BrN2O2. The van der Waals surface area contributed by atoms with Crippen LogP contribution < -0.4 is 10.9 Å². The van der Waals surface area contributed by atoms with E-state index in [4.69, 9.17) is 0 Å². The molecule has 2 amide bonds. The molecule has 0 aliphatic heterocycles. The Hall–Kier alpha value is -1.36. The summed E-state index contributed by atoms with van der Waals surface area (Å²) in [6.07, 6.45) is 0. The molecule has 0 fully saturated rings. The molecule has 15 heavy (non-hydrogen) atoms. The van der Waals surface area contributed by atoms with Crippen molar-refractivity contribution in [3.63, 3.8) is 0 Å². The lowest BCUT2D eigenvalue weighted by Crippen LogP contribution is -2.44. The summed E-state index contributed by atoms with van der Waals surface area (Å²) in [7, 11) is 0. The molecule has 0 spiro atoms. The first kappa shape index (κ1) is 11.7. The Morgan fingerprint density at radius 3 is 2.33 bits per heavy atom. The maximum Gasteiger partial charge on any atom is 0.269 e. The minimum absolute atomic E-state index is 0.292. The molecule has 0 bridgehead atoms. The number of halogens is 1. The summed E-state index contributed by atoms with van der Waals surface area (Å²) in [5.41, 5.74) is 5.11. The Morgan fingerprint density at radius 1 is 1.20 bits per heavy atom. The van der Waals surface area contributed by atoms with Gasteiger partial charge in [-0.2, -0.15) is 0 Å². The first-order valence-corrected chi connectivity index (χ1v) is 5.32. The summed E-state index contributed by atoms with van der Waals surface area (Å²) in [6.45, 7) is 1.67. The van der Waals surface area contributed by atoms with Crippen LogP contribution in [-0.4, -0.2) is 16.6 Å². The van der Waals surface area contributed by atoms with Crippen LogP contribution in [0.15, 0.2) is 30.3 Å². The Balaban J connectivity index is 2.48. The van der Waals surface area contributed by atoms with Crippen LogP contribution in [-0.2, 0) is 4.79 Å². The molecule has 4 nitrogen and oxygen atoms in total. The van der Waals surface area contributed by atoms with Crippen molar-refractivity contribution in [1.82, 2.24) is 10.9 Å². The fraction of sp³-hybridized carbons (Fsp3) is 0.200. The van der Waals surface area contributed by atoms with Crippen LogP contribution in [0, 0.1) is 0 Å². The standard InChI is InChI=1S/C10H11BrN2O2/c1-7(11)9(14)12-13-10(15)8-5-3-2-4-6-8/h2-7H,1H3,(H,12,14)(H,13,15). The normalized spacial score (nSPS) is 11.6. The zero-order valence-corrected chi connectivity index (χ0v) is 9.74. The predicted molar refractivity (Wildman–Crippen MR) is 60.4 cm³/mol. The van der Waals surface area contributed by atoms with Crippen molar-refractivity contribution in [2.45, 2.75) is 11.8 Å². The average molecular weight is 271 g/mol. The molecule has 1 atom stereocenters. The second kappa shape index (κ2) is 5.50. The van der Waals surface area contributed by atoms with Crippen molar-refractivity contribution >= 4 is 27.7 Å². The molecular weight excluding hydrogens is 260 g/mol. The van der Waals surface area contributed by atoms with Crippen LogP contribution in [0.2, 0.25) is 0 Å². The van der Waals surface area contributed by atoms with E-state index in [-0.39, 0.29) is 16.6 Å². The van der Waals surface area contributed by atoms with Gasteiger partial charge in [0, 0.05) is 5.56 Å². The van der Waals surface area contributed by atoms with Gasteiger partial charge in [0.25, 0.3) is 11.8 Å². The molecule has 1 aromatic rings. The van der Waals surface area contributed by atoms with Crippen LogP contribution in [0.1, 0.15) is 17.3 Å². The van der Waals surface area contributed by atoms with Gasteiger partial charge in [-0.25, -0.2) is 0 Å². The second-order valence-corrected chi connectivity index (χ2v) is 4.30. The summed E-state index contributed by atoms with van der Waals surface area (Å²) in [5, 5.41) is 0. The maximum atomic E-state index is 11.4. The number of nitrogens with one attached hydrogen (secondary N) is 2. The molecule has 0 aliphatic rings. The van der Waals surface area contributed by atoms with Crippen LogP contribution in [0.25, 0.3) is 0 Å². The molecule has 0 saturated carbocycles. The summed E-state index contributed by atoms with van der Waals surface area (Å²) < 4.78 is 0. The van der Waals surface area contributed by atoms with Gasteiger partial charge >= 0.3 is 0 Å². The van der Waals surface area contributed by atoms with Crippen molar-refractivity contribution in [2.75, 3.05) is 0 Å². The van der Waals surface area contributed by atoms with E-state index in [0.29, 0.717) is 5.56 Å². The largest absolute Gasteiger partial charge is 0.272 e. The molecule has 0 aliphatic carbocycles. The van der Waals surface area contributed by atoms with Crippen molar-refractivity contribution < 1.29 is 9.59 Å². The smallest absolute Gasteiger partial charge is 0.269 e. The average Bonchev–Trinajstić information content (AvgIpc) is 2.26. The number of hydrazine groups is 1. The highest BCUT2D eigenvalue weighted by molar-refractivity contribution is 9.10. The van der Waals surface area contributed by atoms with Crippen LogP contribution in [0.4, 0.5) is 0 Å². The summed E-state index contributed by atoms with van der Waals surface area (Å²) >= 11 is 3.08. The highest BCUT2D eigenvalue weighted by Crippen LogP contribution is 1.98. The Morgan fingerprint density at radius 2 is 1.80 bits per heavy atom. The Kier molecular flexibility index (Phi) is 4.30. The minimum Gasteiger partial charge on any atom is -0.272 e. The number of carbonyl (C=O) groups excluding carboxylic acids is 2. The second-order valence-electron chi connectivity index (χ2n) is 2.93. The third kappa shape index (κ3) is 3.71. The lowest BCUT2D eigenvalue weighted by Gasteiger charge is -2.08. The summed E-state index contributed by atoms with van der Waals surface area (Å²) in [4.78, 5) is 22.2. The zero-order chi connectivity index (χ0) is 11.3. The molecule has 0 radical (unpaired) electrons. The van der Waals surface area contributed by atoms with E-state index >= 15 is 0 Å². The highest BCUT2D eigenvalue weighted by Gasteiger charge is 2.10. The highest BCUT2D eigenvalue weighted by atomic mass is 79.9. The van der Waals surface area contributed by atoms with E-state index in [1.54, 1.807) is 31.2 Å². The molecule has 5 heteroatoms. The molecule has 80 valence electrons. The first-order chi connectivity index (χ1) is 7.11. The van der Waals surface area contributed by atoms with Crippen LogP contribution in [0.3, 0.4) is 0 Å². The van der Waals surface area contributed by atoms with Crippen LogP contribution >= 0.6 is 15.9 Å². The third-order valence-corrected chi connectivity index (χ3v) is 2.11. The van der Waals surface area contributed by atoms with Gasteiger partial charge < -0.3 is 0 Å². The number of amides is 2. The number of hydrogen-bond donors (Lipinski definition) is 2. The maximum absolute atomic E-state index is 11.4. The van der Waals surface area contributed by atoms with E-state index < -0.39 is 0 Å². The fourth-order valence-corrected chi connectivity index (χ4v) is 0.994. The first-order valence-electron chi connectivity index (χ1n) is 4.40. The molecule has 1 unspecified atom stereocenters. The van der Waals surface area contributed by atoms with Crippen molar-refractivity contribution in [2.24, 2.45) is 0 Å². The van der Waals surface area contributed by atoms with Gasteiger partial charge in [0.1, 0.15) is 0 Å². The van der Waals surface area contributed by atoms with Gasteiger partial charge in [-0.15, -0.1) is 0 Å². The molecule has 0 heterocycles. The Labute approximate surface area is 96.2 Å². The monoisotopic (exact) mass is 270 g/mol. The molecule has 1 rings (SSSR count). The molecule has 1 aromatic carbocycles. The van der Waals surface area contributed by atoms with Crippen LogP contribution in [0.5, 0.6) is 0 Å². The summed E-state index contributed by atoms with van der Waals surface area (Å²) in [5.74, 6) is -0.628. The predicted octanol–water partition coefficient (Wildman–Crippen LogP) is 1.23. The minimum atomic E-state index is -0.339. The van der Waals surface area contributed by atoms with Gasteiger partial charge in [0.2, 0.25) is 0 Å². The molecule has 0 aromatic heterocycles. The van der Waals surface area contributed by atoms with Crippen molar-refractivity contribution in [3.8, 4) is 0 Å². The van der Waals surface area contributed by atoms with Gasteiger partial charge in [0.15, 0.2) is 0 Å². The van der Waals surface area contributed by atoms with E-state index in [1.165, 1.54) is 0 Å². The molecule has 2 N–H and O–H groups in total. The number of alkyl halides is 1. The fourth-order valence-electron chi connectivity index (χ4n) is 0.880. The zero-order valence-electron chi connectivity index (χ0n) is 8.16. The lowest BCUT2D eigenvalue weighted by molar-refractivity contribution is -0.120. The van der Waals surface area contributed by atoms with E-state index in [9.17, 15) is 9.59 Å². The number of benzene rings is 1. The van der Waals surface area contributed by atoms with Gasteiger partial charge in [0.05, 0.1) is 4.83 Å². The topological polar surface area (TPSA) is 58.2 Å². The van der Waals surface area contributed by atoms with Gasteiger partial charge in [-0.05, 0) is 19.1 Å². The van der Waals surface area contributed by atoms with E-state index in [2.05, 4.69) is 26.8 Å². The van der Waals surface area contributed by atoms with Gasteiger partial charge in [-0.1, -0.05) is 34.1 Å². The number of rotatable bonds is 2. The SMILES string of the molecule is CC(Br)C(=O)NNC(=O)c1ccccc1. The number of hydrogen-bond acceptors (Lipinski definition) is 2. The quantitative estimate of drug-likeness (QED) is 0.628. The number of carbonyl (C=O) groups is 2. The third-order valence-electron chi connectivity index (χ3n) is 1.70. The summed E-state index contributed by atoms with van der Waals surface area (Å²) in [6, 6.07) is 8.65. The van der Waals surface area contributed by atoms with E-state index in [1.807, 2.05) is 6.07 Å². The molecule has 0 saturated heterocycles.